The number of carbonyl (C=O) groups is 1. The van der Waals surface area contributed by atoms with Crippen molar-refractivity contribution in [1.82, 2.24) is 0 Å². The number of aliphatic imine (C=N–C) groups is 1. The average Bonchev–Trinajstić information content (AvgIpc) is 2.30. The molecule has 1 rings (SSSR count). The summed E-state index contributed by atoms with van der Waals surface area (Å²) in [6, 6.07) is 9.54. The van der Waals surface area contributed by atoms with Crippen LogP contribution in [0.2, 0.25) is 0 Å². The van der Waals surface area contributed by atoms with Gasteiger partial charge in [-0.1, -0.05) is 18.2 Å². The maximum atomic E-state index is 10.6. The Morgan fingerprint density at radius 1 is 1.24 bits per heavy atom. The Labute approximate surface area is 101 Å². The van der Waals surface area contributed by atoms with Gasteiger partial charge in [0.2, 0.25) is 0 Å². The number of para-hydroxylation sites is 1. The summed E-state index contributed by atoms with van der Waals surface area (Å²) >= 11 is 0. The summed E-state index contributed by atoms with van der Waals surface area (Å²) in [6.07, 6.45) is 0.488. The van der Waals surface area contributed by atoms with Crippen molar-refractivity contribution in [1.29, 1.82) is 0 Å². The van der Waals surface area contributed by atoms with E-state index in [-0.39, 0.29) is 5.97 Å². The van der Waals surface area contributed by atoms with E-state index in [9.17, 15) is 4.79 Å². The molecule has 0 radical (unpaired) electrons. The molecule has 4 nitrogen and oxygen atoms in total. The Kier molecular flexibility index (Phi) is 5.79. The van der Waals surface area contributed by atoms with Crippen LogP contribution in [0.15, 0.2) is 35.3 Å². The van der Waals surface area contributed by atoms with E-state index in [0.717, 1.165) is 5.69 Å². The minimum Gasteiger partial charge on any atom is -0.481 e. The fourth-order valence-electron chi connectivity index (χ4n) is 1.26. The van der Waals surface area contributed by atoms with Crippen molar-refractivity contribution in [3.05, 3.63) is 30.3 Å². The first-order chi connectivity index (χ1) is 8.22. The highest BCUT2D eigenvalue weighted by Gasteiger charge is 2.02. The van der Waals surface area contributed by atoms with Gasteiger partial charge in [0.15, 0.2) is 5.90 Å². The van der Waals surface area contributed by atoms with Crippen LogP contribution in [0.4, 0.5) is 5.69 Å². The predicted molar refractivity (Wildman–Crippen MR) is 66.4 cm³/mol. The lowest BCUT2D eigenvalue weighted by Gasteiger charge is -2.07. The van der Waals surface area contributed by atoms with Crippen molar-refractivity contribution in [3.63, 3.8) is 0 Å². The fourth-order valence-corrected chi connectivity index (χ4v) is 1.26. The van der Waals surface area contributed by atoms with Gasteiger partial charge in [-0.2, -0.15) is 0 Å². The molecule has 0 saturated heterocycles. The molecule has 1 aromatic rings. The van der Waals surface area contributed by atoms with E-state index in [1.165, 1.54) is 6.92 Å². The molecule has 0 aliphatic rings. The molecule has 0 fully saturated rings. The number of ether oxygens (including phenoxy) is 2. The molecule has 0 amide bonds. The van der Waals surface area contributed by atoms with Crippen LogP contribution in [-0.2, 0) is 14.3 Å². The maximum absolute atomic E-state index is 10.6. The fraction of sp³-hybridized carbons (Fsp3) is 0.385. The summed E-state index contributed by atoms with van der Waals surface area (Å²) in [5, 5.41) is 0. The summed E-state index contributed by atoms with van der Waals surface area (Å²) < 4.78 is 10.2. The highest BCUT2D eigenvalue weighted by Crippen LogP contribution is 2.11. The van der Waals surface area contributed by atoms with Gasteiger partial charge in [0.1, 0.15) is 0 Å². The standard InChI is InChI=1S/C13H17NO3/c1-3-16-13(9-10-17-11(2)15)14-12-7-5-4-6-8-12/h4-8H,3,9-10H2,1-2H3. The largest absolute Gasteiger partial charge is 0.481 e. The first-order valence-electron chi connectivity index (χ1n) is 5.61. The summed E-state index contributed by atoms with van der Waals surface area (Å²) in [6.45, 7) is 4.12. The van der Waals surface area contributed by atoms with Crippen LogP contribution in [0.25, 0.3) is 0 Å². The van der Waals surface area contributed by atoms with Gasteiger partial charge in [0.05, 0.1) is 25.3 Å². The van der Waals surface area contributed by atoms with E-state index in [0.29, 0.717) is 25.5 Å². The number of hydrogen-bond donors (Lipinski definition) is 0. The lowest BCUT2D eigenvalue weighted by Crippen LogP contribution is -2.10. The van der Waals surface area contributed by atoms with Gasteiger partial charge in [0.25, 0.3) is 0 Å². The molecule has 1 aromatic carbocycles. The molecular weight excluding hydrogens is 218 g/mol. The van der Waals surface area contributed by atoms with Gasteiger partial charge < -0.3 is 9.47 Å². The van der Waals surface area contributed by atoms with Gasteiger partial charge in [-0.25, -0.2) is 4.99 Å². The molecule has 0 unspecified atom stereocenters. The van der Waals surface area contributed by atoms with E-state index in [4.69, 9.17) is 9.47 Å². The molecule has 0 aliphatic carbocycles. The second kappa shape index (κ2) is 7.44. The van der Waals surface area contributed by atoms with Gasteiger partial charge in [-0.3, -0.25) is 4.79 Å². The first-order valence-corrected chi connectivity index (χ1v) is 5.61. The molecule has 0 heterocycles. The summed E-state index contributed by atoms with van der Waals surface area (Å²) in [4.78, 5) is 15.0. The third-order valence-corrected chi connectivity index (χ3v) is 1.94. The second-order valence-electron chi connectivity index (χ2n) is 3.36. The van der Waals surface area contributed by atoms with Gasteiger partial charge >= 0.3 is 5.97 Å². The third kappa shape index (κ3) is 5.70. The molecule has 0 saturated carbocycles. The van der Waals surface area contributed by atoms with Crippen LogP contribution in [0.3, 0.4) is 0 Å². The summed E-state index contributed by atoms with van der Waals surface area (Å²) in [5.41, 5.74) is 0.832. The Balaban J connectivity index is 2.58. The van der Waals surface area contributed by atoms with Crippen molar-refractivity contribution in [2.45, 2.75) is 20.3 Å². The number of nitrogens with zero attached hydrogens (tertiary/aromatic N) is 1. The zero-order valence-corrected chi connectivity index (χ0v) is 10.2. The highest BCUT2D eigenvalue weighted by atomic mass is 16.5. The molecule has 0 atom stereocenters. The molecule has 92 valence electrons. The predicted octanol–water partition coefficient (Wildman–Crippen LogP) is 2.71. The highest BCUT2D eigenvalue weighted by molar-refractivity contribution is 5.79. The van der Waals surface area contributed by atoms with E-state index in [1.54, 1.807) is 0 Å². The number of hydrogen-bond acceptors (Lipinski definition) is 4. The molecule has 0 spiro atoms. The van der Waals surface area contributed by atoms with Crippen LogP contribution in [0.1, 0.15) is 20.3 Å². The van der Waals surface area contributed by atoms with Gasteiger partial charge in [0, 0.05) is 6.92 Å². The number of rotatable bonds is 5. The van der Waals surface area contributed by atoms with E-state index < -0.39 is 0 Å². The Morgan fingerprint density at radius 2 is 1.94 bits per heavy atom. The molecular formula is C13H17NO3. The Bertz CT molecular complexity index is 374. The van der Waals surface area contributed by atoms with Crippen molar-refractivity contribution >= 4 is 17.6 Å². The monoisotopic (exact) mass is 235 g/mol. The summed E-state index contributed by atoms with van der Waals surface area (Å²) in [5.74, 6) is 0.292. The van der Waals surface area contributed by atoms with Crippen LogP contribution >= 0.6 is 0 Å². The van der Waals surface area contributed by atoms with Crippen molar-refractivity contribution in [2.75, 3.05) is 13.2 Å². The smallest absolute Gasteiger partial charge is 0.302 e. The van der Waals surface area contributed by atoms with E-state index >= 15 is 0 Å². The number of esters is 1. The first kappa shape index (κ1) is 13.2. The van der Waals surface area contributed by atoms with Crippen LogP contribution in [0, 0.1) is 0 Å². The number of benzene rings is 1. The van der Waals surface area contributed by atoms with E-state index in [1.807, 2.05) is 37.3 Å². The van der Waals surface area contributed by atoms with Crippen LogP contribution < -0.4 is 0 Å². The SMILES string of the molecule is CCOC(CCOC(C)=O)=Nc1ccccc1. The second-order valence-corrected chi connectivity index (χ2v) is 3.36. The quantitative estimate of drug-likeness (QED) is 0.448. The third-order valence-electron chi connectivity index (χ3n) is 1.94. The molecule has 0 N–H and O–H groups in total. The maximum Gasteiger partial charge on any atom is 0.302 e. The molecule has 0 aliphatic heterocycles. The molecule has 0 bridgehead atoms. The minimum absolute atomic E-state index is 0.291. The van der Waals surface area contributed by atoms with Crippen molar-refractivity contribution in [2.24, 2.45) is 4.99 Å². The minimum atomic E-state index is -0.291. The lowest BCUT2D eigenvalue weighted by molar-refractivity contribution is -0.140. The van der Waals surface area contributed by atoms with Gasteiger partial charge in [-0.15, -0.1) is 0 Å². The van der Waals surface area contributed by atoms with Gasteiger partial charge in [-0.05, 0) is 19.1 Å². The lowest BCUT2D eigenvalue weighted by atomic mass is 10.3. The molecule has 4 heteroatoms. The van der Waals surface area contributed by atoms with Crippen LogP contribution in [0.5, 0.6) is 0 Å². The number of carbonyl (C=O) groups excluding carboxylic acids is 1. The van der Waals surface area contributed by atoms with Crippen molar-refractivity contribution < 1.29 is 14.3 Å². The Hall–Kier alpha value is -1.84. The molecule has 17 heavy (non-hydrogen) atoms. The Morgan fingerprint density at radius 3 is 2.53 bits per heavy atom. The summed E-state index contributed by atoms with van der Waals surface area (Å²) in [7, 11) is 0. The average molecular weight is 235 g/mol. The van der Waals surface area contributed by atoms with Crippen molar-refractivity contribution in [3.8, 4) is 0 Å². The normalized spacial score (nSPS) is 11.1. The molecule has 0 aromatic heterocycles. The topological polar surface area (TPSA) is 47.9 Å². The van der Waals surface area contributed by atoms with E-state index in [2.05, 4.69) is 4.99 Å². The van der Waals surface area contributed by atoms with Crippen LogP contribution in [-0.4, -0.2) is 25.1 Å². The zero-order chi connectivity index (χ0) is 12.5. The zero-order valence-electron chi connectivity index (χ0n) is 10.2.